The Bertz CT molecular complexity index is 285. The van der Waals surface area contributed by atoms with Gasteiger partial charge >= 0.3 is 12.0 Å². The van der Waals surface area contributed by atoms with E-state index in [-0.39, 0.29) is 19.1 Å². The lowest BCUT2D eigenvalue weighted by atomic mass is 10.0. The zero-order valence-electron chi connectivity index (χ0n) is 9.82. The van der Waals surface area contributed by atoms with Gasteiger partial charge in [0.2, 0.25) is 0 Å². The Morgan fingerprint density at radius 3 is 2.50 bits per heavy atom. The summed E-state index contributed by atoms with van der Waals surface area (Å²) in [6, 6.07) is -0.234. The molecule has 1 aliphatic rings. The molecule has 2 amide bonds. The zero-order valence-corrected chi connectivity index (χ0v) is 9.82. The van der Waals surface area contributed by atoms with E-state index in [1.807, 2.05) is 13.8 Å². The van der Waals surface area contributed by atoms with Gasteiger partial charge in [-0.1, -0.05) is 0 Å². The Morgan fingerprint density at radius 1 is 1.50 bits per heavy atom. The summed E-state index contributed by atoms with van der Waals surface area (Å²) in [4.78, 5) is 23.5. The van der Waals surface area contributed by atoms with Crippen LogP contribution in [0.3, 0.4) is 0 Å². The van der Waals surface area contributed by atoms with Crippen molar-refractivity contribution in [2.75, 3.05) is 26.7 Å². The number of hydrogen-bond donors (Lipinski definition) is 2. The Balaban J connectivity index is 2.26. The van der Waals surface area contributed by atoms with Crippen LogP contribution in [0.25, 0.3) is 0 Å². The summed E-state index contributed by atoms with van der Waals surface area (Å²) in [6.07, 6.45) is 0. The van der Waals surface area contributed by atoms with E-state index in [2.05, 4.69) is 5.32 Å². The van der Waals surface area contributed by atoms with Gasteiger partial charge in [-0.2, -0.15) is 0 Å². The number of carbonyl (C=O) groups excluding carboxylic acids is 1. The fraction of sp³-hybridized carbons (Fsp3) is 0.800. The van der Waals surface area contributed by atoms with Crippen LogP contribution in [0.2, 0.25) is 0 Å². The van der Waals surface area contributed by atoms with Gasteiger partial charge in [0.1, 0.15) is 0 Å². The fourth-order valence-electron chi connectivity index (χ4n) is 1.27. The molecule has 1 heterocycles. The van der Waals surface area contributed by atoms with Gasteiger partial charge in [-0.25, -0.2) is 4.79 Å². The second-order valence-corrected chi connectivity index (χ2v) is 4.56. The van der Waals surface area contributed by atoms with Crippen molar-refractivity contribution >= 4 is 12.0 Å². The molecule has 0 aromatic heterocycles. The lowest BCUT2D eigenvalue weighted by Gasteiger charge is -2.37. The maximum atomic E-state index is 11.5. The summed E-state index contributed by atoms with van der Waals surface area (Å²) in [5.74, 6) is -1.26. The van der Waals surface area contributed by atoms with Crippen molar-refractivity contribution in [3.8, 4) is 0 Å². The van der Waals surface area contributed by atoms with Crippen LogP contribution in [0.15, 0.2) is 0 Å². The van der Waals surface area contributed by atoms with Crippen LogP contribution in [-0.4, -0.2) is 54.4 Å². The minimum Gasteiger partial charge on any atom is -0.481 e. The van der Waals surface area contributed by atoms with Crippen molar-refractivity contribution in [1.82, 2.24) is 10.2 Å². The summed E-state index contributed by atoms with van der Waals surface area (Å²) in [5, 5.41) is 11.4. The first kappa shape index (κ1) is 12.8. The fourth-order valence-corrected chi connectivity index (χ4v) is 1.27. The molecule has 1 fully saturated rings. The van der Waals surface area contributed by atoms with Gasteiger partial charge in [-0.15, -0.1) is 0 Å². The van der Waals surface area contributed by atoms with Gasteiger partial charge in [0, 0.05) is 26.7 Å². The molecule has 0 saturated carbocycles. The normalized spacial score (nSPS) is 16.8. The Labute approximate surface area is 94.6 Å². The number of rotatable bonds is 4. The quantitative estimate of drug-likeness (QED) is 0.720. The van der Waals surface area contributed by atoms with Gasteiger partial charge in [0.25, 0.3) is 0 Å². The van der Waals surface area contributed by atoms with Gasteiger partial charge in [-0.05, 0) is 13.8 Å². The molecule has 0 radical (unpaired) electrons. The molecule has 1 rings (SSSR count). The van der Waals surface area contributed by atoms with E-state index in [1.54, 1.807) is 7.11 Å². The number of hydrogen-bond acceptors (Lipinski definition) is 3. The summed E-state index contributed by atoms with van der Waals surface area (Å²) in [5.41, 5.74) is -0.410. The minimum absolute atomic E-state index is 0.234. The number of carboxylic acids is 1. The summed E-state index contributed by atoms with van der Waals surface area (Å²) < 4.78 is 5.15. The van der Waals surface area contributed by atoms with Gasteiger partial charge in [0.05, 0.1) is 11.5 Å². The molecular weight excluding hydrogens is 212 g/mol. The van der Waals surface area contributed by atoms with Crippen molar-refractivity contribution in [2.45, 2.75) is 19.4 Å². The maximum Gasteiger partial charge on any atom is 0.317 e. The molecule has 0 aliphatic carbocycles. The molecular formula is C10H18N2O4. The van der Waals surface area contributed by atoms with E-state index >= 15 is 0 Å². The van der Waals surface area contributed by atoms with Crippen molar-refractivity contribution in [3.05, 3.63) is 0 Å². The van der Waals surface area contributed by atoms with Crippen molar-refractivity contribution < 1.29 is 19.4 Å². The summed E-state index contributed by atoms with van der Waals surface area (Å²) >= 11 is 0. The molecule has 0 aromatic carbocycles. The molecule has 0 spiro atoms. The Morgan fingerprint density at radius 2 is 2.06 bits per heavy atom. The number of nitrogens with zero attached hydrogens (tertiary/aromatic N) is 1. The van der Waals surface area contributed by atoms with E-state index < -0.39 is 17.5 Å². The minimum atomic E-state index is -0.846. The van der Waals surface area contributed by atoms with Crippen LogP contribution in [0.5, 0.6) is 0 Å². The number of carboxylic acid groups (broad SMARTS) is 1. The highest BCUT2D eigenvalue weighted by molar-refractivity contribution is 5.79. The van der Waals surface area contributed by atoms with E-state index in [0.29, 0.717) is 6.54 Å². The van der Waals surface area contributed by atoms with Gasteiger partial charge in [0.15, 0.2) is 0 Å². The number of ether oxygens (including phenoxy) is 1. The average molecular weight is 230 g/mol. The smallest absolute Gasteiger partial charge is 0.317 e. The van der Waals surface area contributed by atoms with E-state index in [0.717, 1.165) is 0 Å². The summed E-state index contributed by atoms with van der Waals surface area (Å²) in [7, 11) is 1.58. The lowest BCUT2D eigenvalue weighted by molar-refractivity contribution is -0.146. The number of carbonyl (C=O) groups is 2. The predicted octanol–water partition coefficient (Wildman–Crippen LogP) is 0.137. The molecule has 2 N–H and O–H groups in total. The molecule has 1 aliphatic heterocycles. The number of urea groups is 1. The summed E-state index contributed by atoms with van der Waals surface area (Å²) in [6.45, 7) is 4.70. The SMILES string of the molecule is COC(C)(C)CNC(=O)N1CC(C(=O)O)C1. The molecule has 6 heteroatoms. The molecule has 92 valence electrons. The zero-order chi connectivity index (χ0) is 12.3. The first-order valence-corrected chi connectivity index (χ1v) is 5.16. The highest BCUT2D eigenvalue weighted by Gasteiger charge is 2.35. The average Bonchev–Trinajstić information content (AvgIpc) is 2.12. The molecule has 0 atom stereocenters. The van der Waals surface area contributed by atoms with Crippen molar-refractivity contribution in [3.63, 3.8) is 0 Å². The monoisotopic (exact) mass is 230 g/mol. The Hall–Kier alpha value is -1.30. The molecule has 0 bridgehead atoms. The maximum absolute atomic E-state index is 11.5. The first-order valence-electron chi connectivity index (χ1n) is 5.16. The standard InChI is InChI=1S/C10H18N2O4/c1-10(2,16-3)6-11-9(15)12-4-7(5-12)8(13)14/h7H,4-6H2,1-3H3,(H,11,15)(H,13,14). The third-order valence-electron chi connectivity index (χ3n) is 2.74. The number of methoxy groups -OCH3 is 1. The third-order valence-corrected chi connectivity index (χ3v) is 2.74. The van der Waals surface area contributed by atoms with Crippen LogP contribution in [-0.2, 0) is 9.53 Å². The van der Waals surface area contributed by atoms with Crippen LogP contribution < -0.4 is 5.32 Å². The van der Waals surface area contributed by atoms with Gasteiger partial charge in [-0.3, -0.25) is 4.79 Å². The lowest BCUT2D eigenvalue weighted by Crippen LogP contribution is -2.57. The van der Waals surface area contributed by atoms with E-state index in [4.69, 9.17) is 9.84 Å². The first-order chi connectivity index (χ1) is 7.35. The molecule has 0 aromatic rings. The van der Waals surface area contributed by atoms with Crippen LogP contribution >= 0.6 is 0 Å². The number of likely N-dealkylation sites (tertiary alicyclic amines) is 1. The number of amides is 2. The van der Waals surface area contributed by atoms with E-state index in [9.17, 15) is 9.59 Å². The van der Waals surface area contributed by atoms with Crippen LogP contribution in [0.4, 0.5) is 4.79 Å². The van der Waals surface area contributed by atoms with Gasteiger partial charge < -0.3 is 20.1 Å². The third kappa shape index (κ3) is 3.10. The second kappa shape index (κ2) is 4.69. The highest BCUT2D eigenvalue weighted by Crippen LogP contribution is 2.15. The molecule has 1 saturated heterocycles. The number of aliphatic carboxylic acids is 1. The number of nitrogens with one attached hydrogen (secondary N) is 1. The second-order valence-electron chi connectivity index (χ2n) is 4.56. The topological polar surface area (TPSA) is 78.9 Å². The van der Waals surface area contributed by atoms with Crippen molar-refractivity contribution in [1.29, 1.82) is 0 Å². The van der Waals surface area contributed by atoms with Crippen molar-refractivity contribution in [2.24, 2.45) is 5.92 Å². The Kier molecular flexibility index (Phi) is 3.74. The molecule has 16 heavy (non-hydrogen) atoms. The van der Waals surface area contributed by atoms with Crippen LogP contribution in [0, 0.1) is 5.92 Å². The highest BCUT2D eigenvalue weighted by atomic mass is 16.5. The largest absolute Gasteiger partial charge is 0.481 e. The molecule has 0 unspecified atom stereocenters. The predicted molar refractivity (Wildman–Crippen MR) is 57.2 cm³/mol. The van der Waals surface area contributed by atoms with E-state index in [1.165, 1.54) is 4.90 Å². The van der Waals surface area contributed by atoms with Crippen LogP contribution in [0.1, 0.15) is 13.8 Å². The molecule has 6 nitrogen and oxygen atoms in total.